The molecule has 6 nitrogen and oxygen atoms in total. The number of nitrogens with zero attached hydrogens (tertiary/aromatic N) is 1. The summed E-state index contributed by atoms with van der Waals surface area (Å²) < 4.78 is 15.0. The molecule has 0 aliphatic carbocycles. The number of aryl methyl sites for hydroxylation is 1. The molecule has 1 N–H and O–H groups in total. The monoisotopic (exact) mass is 284 g/mol. The third-order valence-corrected chi connectivity index (χ3v) is 4.05. The van der Waals surface area contributed by atoms with Crippen molar-refractivity contribution in [3.8, 4) is 5.88 Å². The maximum Gasteiger partial charge on any atom is 0.229 e. The first-order valence-electron chi connectivity index (χ1n) is 6.07. The van der Waals surface area contributed by atoms with Crippen LogP contribution in [0.3, 0.4) is 0 Å². The highest BCUT2D eigenvalue weighted by molar-refractivity contribution is 7.97. The number of fused-ring (bicyclic) bond motifs is 1. The highest BCUT2D eigenvalue weighted by Gasteiger charge is 2.37. The number of aromatic nitrogens is 1. The van der Waals surface area contributed by atoms with Gasteiger partial charge in [-0.1, -0.05) is 0 Å². The Labute approximate surface area is 115 Å². The molecule has 0 saturated carbocycles. The fourth-order valence-corrected chi connectivity index (χ4v) is 3.11. The van der Waals surface area contributed by atoms with Crippen LogP contribution in [0.5, 0.6) is 5.88 Å². The number of nitrogens with one attached hydrogen (secondary N) is 1. The van der Waals surface area contributed by atoms with E-state index in [0.29, 0.717) is 0 Å². The van der Waals surface area contributed by atoms with Crippen molar-refractivity contribution in [3.63, 3.8) is 0 Å². The van der Waals surface area contributed by atoms with Crippen molar-refractivity contribution in [3.05, 3.63) is 27.8 Å². The number of rotatable bonds is 0. The number of ether oxygens (including phenoxy) is 2. The molecule has 1 fully saturated rings. The van der Waals surface area contributed by atoms with Crippen LogP contribution in [0.4, 0.5) is 0 Å². The van der Waals surface area contributed by atoms with Crippen molar-refractivity contribution >= 4 is 11.9 Å². The molecule has 7 heteroatoms. The van der Waals surface area contributed by atoms with Crippen molar-refractivity contribution in [2.45, 2.75) is 30.3 Å². The molecule has 3 rings (SSSR count). The van der Waals surface area contributed by atoms with E-state index < -0.39 is 0 Å². The average molecular weight is 284 g/mol. The summed E-state index contributed by atoms with van der Waals surface area (Å²) in [5.41, 5.74) is 1.02. The van der Waals surface area contributed by atoms with Gasteiger partial charge in [0.2, 0.25) is 5.88 Å². The molecule has 3 heterocycles. The fraction of sp³-hybridized carbons (Fsp3) is 0.583. The summed E-state index contributed by atoms with van der Waals surface area (Å²) >= 11 is 1.61. The summed E-state index contributed by atoms with van der Waals surface area (Å²) in [7, 11) is 0. The quantitative estimate of drug-likeness (QED) is 0.730. The van der Waals surface area contributed by atoms with Gasteiger partial charge in [-0.25, -0.2) is 4.98 Å². The van der Waals surface area contributed by atoms with Crippen LogP contribution in [0.1, 0.15) is 18.4 Å². The van der Waals surface area contributed by atoms with Gasteiger partial charge in [0.25, 0.3) is 0 Å². The molecule has 1 saturated heterocycles. The van der Waals surface area contributed by atoms with Crippen molar-refractivity contribution in [1.29, 1.82) is 0 Å². The Bertz CT molecular complexity index is 438. The minimum atomic E-state index is -0.140. The zero-order chi connectivity index (χ0) is 13.7. The van der Waals surface area contributed by atoms with E-state index in [1.165, 1.54) is 0 Å². The molecule has 2 aliphatic rings. The topological polar surface area (TPSA) is 77.5 Å². The Morgan fingerprint density at radius 2 is 2.11 bits per heavy atom. The molecule has 0 unspecified atom stereocenters. The maximum atomic E-state index is 7.00. The van der Waals surface area contributed by atoms with Gasteiger partial charge in [-0.2, -0.15) is 0 Å². The summed E-state index contributed by atoms with van der Waals surface area (Å²) in [4.78, 5) is 19.5. The minimum absolute atomic E-state index is 0.140. The smallest absolute Gasteiger partial charge is 0.229 e. The lowest BCUT2D eigenvalue weighted by Gasteiger charge is -2.35. The second-order valence-electron chi connectivity index (χ2n) is 4.64. The summed E-state index contributed by atoms with van der Waals surface area (Å²) in [6.07, 6.45) is 3.71. The average Bonchev–Trinajstić information content (AvgIpc) is 2.61. The molecule has 0 atom stereocenters. The molecule has 0 bridgehead atoms. The van der Waals surface area contributed by atoms with Gasteiger partial charge in [-0.05, 0) is 30.5 Å². The highest BCUT2D eigenvalue weighted by atomic mass is 32.2. The third-order valence-electron chi connectivity index (χ3n) is 3.25. The van der Waals surface area contributed by atoms with Crippen LogP contribution in [-0.4, -0.2) is 30.3 Å². The molecule has 0 radical (unpaired) electrons. The molecule has 1 aromatic rings. The van der Waals surface area contributed by atoms with Gasteiger partial charge in [0.1, 0.15) is 5.60 Å². The molecular weight excluding hydrogens is 268 g/mol. The van der Waals surface area contributed by atoms with Crippen LogP contribution < -0.4 is 9.46 Å². The van der Waals surface area contributed by atoms with Gasteiger partial charge in [-0.3, -0.25) is 4.72 Å². The first-order valence-corrected chi connectivity index (χ1v) is 6.89. The SMILES string of the molecule is Cc1cnc2c(c1)SNCC1(CCOCC1)O2.O=O. The van der Waals surface area contributed by atoms with E-state index in [9.17, 15) is 0 Å². The van der Waals surface area contributed by atoms with Crippen molar-refractivity contribution < 1.29 is 9.47 Å². The molecule has 1 spiro atoms. The van der Waals surface area contributed by atoms with Gasteiger partial charge < -0.3 is 9.47 Å². The van der Waals surface area contributed by atoms with Crippen LogP contribution in [0.2, 0.25) is 0 Å². The van der Waals surface area contributed by atoms with E-state index in [1.54, 1.807) is 11.9 Å². The molecule has 19 heavy (non-hydrogen) atoms. The van der Waals surface area contributed by atoms with Gasteiger partial charge in [-0.15, -0.1) is 0 Å². The van der Waals surface area contributed by atoms with Gasteiger partial charge in [0.05, 0.1) is 18.1 Å². The van der Waals surface area contributed by atoms with Gasteiger partial charge in [0.15, 0.2) is 0 Å². The molecular formula is C12H16N2O4S. The van der Waals surface area contributed by atoms with Gasteiger partial charge >= 0.3 is 0 Å². The normalized spacial score (nSPS) is 20.5. The van der Waals surface area contributed by atoms with Crippen LogP contribution in [0.15, 0.2) is 17.2 Å². The molecule has 2 aliphatic heterocycles. The lowest BCUT2D eigenvalue weighted by atomic mass is 9.94. The summed E-state index contributed by atoms with van der Waals surface area (Å²) in [5, 5.41) is 0. The minimum Gasteiger partial charge on any atom is -0.469 e. The largest absolute Gasteiger partial charge is 0.469 e. The van der Waals surface area contributed by atoms with Crippen molar-refractivity contribution in [1.82, 2.24) is 9.71 Å². The second kappa shape index (κ2) is 6.31. The predicted octanol–water partition coefficient (Wildman–Crippen LogP) is 2.00. The summed E-state index contributed by atoms with van der Waals surface area (Å²) in [6.45, 7) is 4.43. The first kappa shape index (κ1) is 14.2. The zero-order valence-corrected chi connectivity index (χ0v) is 11.5. The molecule has 1 aromatic heterocycles. The number of hydrogen-bond acceptors (Lipinski definition) is 7. The van der Waals surface area contributed by atoms with E-state index in [0.717, 1.165) is 48.9 Å². The summed E-state index contributed by atoms with van der Waals surface area (Å²) in [6, 6.07) is 2.11. The van der Waals surface area contributed by atoms with E-state index in [-0.39, 0.29) is 5.60 Å². The Morgan fingerprint density at radius 1 is 1.37 bits per heavy atom. The van der Waals surface area contributed by atoms with Crippen LogP contribution in [0.25, 0.3) is 0 Å². The Kier molecular flexibility index (Phi) is 4.73. The lowest BCUT2D eigenvalue weighted by molar-refractivity contribution is -0.0442. The molecule has 0 amide bonds. The standard InChI is InChI=1S/C12H16N2O2S.O2/c1-9-6-10-11(13-7-9)16-12(8-14-17-10)2-4-15-5-3-12;1-2/h6-7,14H,2-5,8H2,1H3;. The van der Waals surface area contributed by atoms with Crippen molar-refractivity contribution in [2.75, 3.05) is 19.8 Å². The Balaban J connectivity index is 0.000000637. The summed E-state index contributed by atoms with van der Waals surface area (Å²) in [5.74, 6) is 0.757. The molecule has 0 aromatic carbocycles. The van der Waals surface area contributed by atoms with Gasteiger partial charge in [0, 0.05) is 35.5 Å². The van der Waals surface area contributed by atoms with E-state index in [2.05, 4.69) is 15.8 Å². The maximum absolute atomic E-state index is 7.00. The Hall–Kier alpha value is -1.18. The fourth-order valence-electron chi connectivity index (χ4n) is 2.19. The third kappa shape index (κ3) is 3.23. The Morgan fingerprint density at radius 3 is 2.84 bits per heavy atom. The predicted molar refractivity (Wildman–Crippen MR) is 73.0 cm³/mol. The number of hydrogen-bond donors (Lipinski definition) is 1. The highest BCUT2D eigenvalue weighted by Crippen LogP contribution is 2.35. The van der Waals surface area contributed by atoms with E-state index in [4.69, 9.17) is 19.4 Å². The van der Waals surface area contributed by atoms with Crippen LogP contribution >= 0.6 is 11.9 Å². The zero-order valence-electron chi connectivity index (χ0n) is 10.7. The van der Waals surface area contributed by atoms with Crippen LogP contribution in [0, 0.1) is 16.9 Å². The lowest BCUT2D eigenvalue weighted by Crippen LogP contribution is -2.47. The van der Waals surface area contributed by atoms with E-state index in [1.807, 2.05) is 13.1 Å². The van der Waals surface area contributed by atoms with E-state index >= 15 is 0 Å². The molecule has 104 valence electrons. The van der Waals surface area contributed by atoms with Crippen molar-refractivity contribution in [2.24, 2.45) is 0 Å². The van der Waals surface area contributed by atoms with Crippen LogP contribution in [-0.2, 0) is 4.74 Å². The number of pyridine rings is 1. The second-order valence-corrected chi connectivity index (χ2v) is 5.57. The first-order chi connectivity index (χ1) is 9.27.